The lowest BCUT2D eigenvalue weighted by Crippen LogP contribution is -2.37. The molecule has 7 heteroatoms. The Morgan fingerprint density at radius 1 is 1.30 bits per heavy atom. The molecule has 2 N–H and O–H groups in total. The number of guanidine groups is 1. The van der Waals surface area contributed by atoms with Crippen LogP contribution in [0.3, 0.4) is 0 Å². The van der Waals surface area contributed by atoms with Crippen LogP contribution in [0.15, 0.2) is 48.0 Å². The highest BCUT2D eigenvalue weighted by Gasteiger charge is 2.00. The lowest BCUT2D eigenvalue weighted by atomic mass is 10.1. The minimum absolute atomic E-state index is 0. The second-order valence-corrected chi connectivity index (χ2v) is 5.89. The number of nitrogens with zero attached hydrogens (tertiary/aromatic N) is 3. The zero-order valence-electron chi connectivity index (χ0n) is 13.5. The average molecular weight is 445 g/mol. The van der Waals surface area contributed by atoms with Crippen molar-refractivity contribution in [1.82, 2.24) is 20.2 Å². The molecule has 0 spiro atoms. The van der Waals surface area contributed by atoms with E-state index in [2.05, 4.69) is 55.7 Å². The maximum absolute atomic E-state index is 4.23. The van der Waals surface area contributed by atoms with Gasteiger partial charge < -0.3 is 15.2 Å². The van der Waals surface area contributed by atoms with Crippen molar-refractivity contribution in [2.24, 2.45) is 4.99 Å². The number of nitrogens with one attached hydrogen (secondary N) is 2. The van der Waals surface area contributed by atoms with Gasteiger partial charge in [0.05, 0.1) is 6.33 Å². The predicted molar refractivity (Wildman–Crippen MR) is 110 cm³/mol. The van der Waals surface area contributed by atoms with Crippen molar-refractivity contribution in [3.05, 3.63) is 54.1 Å². The minimum atomic E-state index is 0. The van der Waals surface area contributed by atoms with Crippen molar-refractivity contribution < 1.29 is 0 Å². The maximum Gasteiger partial charge on any atom is 0.191 e. The molecule has 1 aromatic heterocycles. The van der Waals surface area contributed by atoms with Crippen molar-refractivity contribution in [2.75, 3.05) is 25.6 Å². The third-order valence-electron chi connectivity index (χ3n) is 3.20. The molecular formula is C16H24IN5S. The summed E-state index contributed by atoms with van der Waals surface area (Å²) in [5, 5.41) is 6.64. The quantitative estimate of drug-likeness (QED) is 0.298. The Bertz CT molecular complexity index is 586. The SMILES string of the molecule is CN=C(NCCSC)NCc1cccc(Cn2ccnc2)c1.I. The van der Waals surface area contributed by atoms with E-state index in [1.165, 1.54) is 11.1 Å². The Balaban J connectivity index is 0.00000264. The van der Waals surface area contributed by atoms with Crippen LogP contribution in [0.4, 0.5) is 0 Å². The summed E-state index contributed by atoms with van der Waals surface area (Å²) in [4.78, 5) is 8.30. The van der Waals surface area contributed by atoms with Gasteiger partial charge in [0.1, 0.15) is 0 Å². The van der Waals surface area contributed by atoms with Gasteiger partial charge in [0.25, 0.3) is 0 Å². The first kappa shape index (κ1) is 19.8. The van der Waals surface area contributed by atoms with Crippen molar-refractivity contribution >= 4 is 41.7 Å². The topological polar surface area (TPSA) is 54.2 Å². The number of halogens is 1. The summed E-state index contributed by atoms with van der Waals surface area (Å²) >= 11 is 1.82. The lowest BCUT2D eigenvalue weighted by molar-refractivity contribution is 0.790. The molecule has 0 aliphatic rings. The molecule has 1 heterocycles. The molecule has 0 aliphatic heterocycles. The zero-order valence-corrected chi connectivity index (χ0v) is 16.7. The Kier molecular flexibility index (Phi) is 9.77. The molecular weight excluding hydrogens is 421 g/mol. The van der Waals surface area contributed by atoms with Crippen molar-refractivity contribution in [1.29, 1.82) is 0 Å². The molecule has 0 aliphatic carbocycles. The summed E-state index contributed by atoms with van der Waals surface area (Å²) in [6.45, 7) is 2.52. The van der Waals surface area contributed by atoms with E-state index in [4.69, 9.17) is 0 Å². The van der Waals surface area contributed by atoms with Crippen LogP contribution in [0.2, 0.25) is 0 Å². The maximum atomic E-state index is 4.23. The van der Waals surface area contributed by atoms with Crippen LogP contribution in [0.5, 0.6) is 0 Å². The van der Waals surface area contributed by atoms with Gasteiger partial charge in [-0.25, -0.2) is 4.98 Å². The molecule has 0 bridgehead atoms. The molecule has 0 saturated carbocycles. The highest BCUT2D eigenvalue weighted by atomic mass is 127. The molecule has 2 rings (SSSR count). The highest BCUT2D eigenvalue weighted by Crippen LogP contribution is 2.07. The summed E-state index contributed by atoms with van der Waals surface area (Å²) in [6.07, 6.45) is 7.71. The van der Waals surface area contributed by atoms with Gasteiger partial charge in [-0.15, -0.1) is 24.0 Å². The Morgan fingerprint density at radius 2 is 2.13 bits per heavy atom. The third-order valence-corrected chi connectivity index (χ3v) is 3.81. The Labute approximate surface area is 159 Å². The summed E-state index contributed by atoms with van der Waals surface area (Å²) < 4.78 is 2.06. The summed E-state index contributed by atoms with van der Waals surface area (Å²) in [5.41, 5.74) is 2.51. The van der Waals surface area contributed by atoms with Gasteiger partial charge in [-0.1, -0.05) is 24.3 Å². The molecule has 0 fully saturated rings. The van der Waals surface area contributed by atoms with E-state index in [1.807, 2.05) is 24.3 Å². The number of imidazole rings is 1. The standard InChI is InChI=1S/C16H23N5S.HI/c1-17-16(19-7-9-22-2)20-11-14-4-3-5-15(10-14)12-21-8-6-18-13-21;/h3-6,8,10,13H,7,9,11-12H2,1-2H3,(H2,17,19,20);1H. The van der Waals surface area contributed by atoms with E-state index in [9.17, 15) is 0 Å². The number of rotatable bonds is 7. The second kappa shape index (κ2) is 11.3. The Hall–Kier alpha value is -1.22. The van der Waals surface area contributed by atoms with Crippen molar-refractivity contribution in [3.63, 3.8) is 0 Å². The van der Waals surface area contributed by atoms with Crippen LogP contribution in [0.1, 0.15) is 11.1 Å². The van der Waals surface area contributed by atoms with Gasteiger partial charge in [-0.2, -0.15) is 11.8 Å². The fraction of sp³-hybridized carbons (Fsp3) is 0.375. The number of hydrogen-bond donors (Lipinski definition) is 2. The number of benzene rings is 1. The van der Waals surface area contributed by atoms with E-state index < -0.39 is 0 Å². The predicted octanol–water partition coefficient (Wildman–Crippen LogP) is 2.58. The largest absolute Gasteiger partial charge is 0.356 e. The molecule has 0 radical (unpaired) electrons. The van der Waals surface area contributed by atoms with Gasteiger partial charge in [0.15, 0.2) is 5.96 Å². The van der Waals surface area contributed by atoms with Gasteiger partial charge >= 0.3 is 0 Å². The normalized spacial score (nSPS) is 11.0. The van der Waals surface area contributed by atoms with Crippen molar-refractivity contribution in [2.45, 2.75) is 13.1 Å². The number of thioether (sulfide) groups is 1. The van der Waals surface area contributed by atoms with Crippen LogP contribution < -0.4 is 10.6 Å². The van der Waals surface area contributed by atoms with Gasteiger partial charge in [-0.05, 0) is 17.4 Å². The first-order valence-electron chi connectivity index (χ1n) is 7.29. The molecule has 1 aromatic carbocycles. The van der Waals surface area contributed by atoms with E-state index in [0.29, 0.717) is 0 Å². The third kappa shape index (κ3) is 7.26. The molecule has 0 saturated heterocycles. The molecule has 2 aromatic rings. The van der Waals surface area contributed by atoms with Crippen LogP contribution in [0.25, 0.3) is 0 Å². The van der Waals surface area contributed by atoms with Crippen LogP contribution >= 0.6 is 35.7 Å². The Morgan fingerprint density at radius 3 is 2.83 bits per heavy atom. The second-order valence-electron chi connectivity index (χ2n) is 4.90. The number of aliphatic imine (C=N–C) groups is 1. The number of hydrogen-bond acceptors (Lipinski definition) is 3. The highest BCUT2D eigenvalue weighted by molar-refractivity contribution is 14.0. The van der Waals surface area contributed by atoms with Crippen molar-refractivity contribution in [3.8, 4) is 0 Å². The molecule has 0 unspecified atom stereocenters. The smallest absolute Gasteiger partial charge is 0.191 e. The molecule has 5 nitrogen and oxygen atoms in total. The zero-order chi connectivity index (χ0) is 15.6. The van der Waals surface area contributed by atoms with Gasteiger partial charge in [0, 0.05) is 44.8 Å². The molecule has 0 atom stereocenters. The average Bonchev–Trinajstić information content (AvgIpc) is 3.04. The van der Waals surface area contributed by atoms with E-state index >= 15 is 0 Å². The van der Waals surface area contributed by atoms with Crippen LogP contribution in [-0.4, -0.2) is 41.1 Å². The summed E-state index contributed by atoms with van der Waals surface area (Å²) in [5.74, 6) is 1.91. The number of aromatic nitrogens is 2. The van der Waals surface area contributed by atoms with Crippen LogP contribution in [-0.2, 0) is 13.1 Å². The fourth-order valence-corrected chi connectivity index (χ4v) is 2.41. The summed E-state index contributed by atoms with van der Waals surface area (Å²) in [7, 11) is 1.80. The van der Waals surface area contributed by atoms with Gasteiger partial charge in [0.2, 0.25) is 0 Å². The van der Waals surface area contributed by atoms with E-state index in [1.54, 1.807) is 13.2 Å². The molecule has 126 valence electrons. The van der Waals surface area contributed by atoms with E-state index in [-0.39, 0.29) is 24.0 Å². The molecule has 0 amide bonds. The summed E-state index contributed by atoms with van der Waals surface area (Å²) in [6, 6.07) is 8.56. The van der Waals surface area contributed by atoms with Crippen LogP contribution in [0, 0.1) is 0 Å². The molecule has 23 heavy (non-hydrogen) atoms. The monoisotopic (exact) mass is 445 g/mol. The minimum Gasteiger partial charge on any atom is -0.356 e. The first-order valence-corrected chi connectivity index (χ1v) is 8.68. The lowest BCUT2D eigenvalue weighted by Gasteiger charge is -2.12. The van der Waals surface area contributed by atoms with E-state index in [0.717, 1.165) is 31.3 Å². The fourth-order valence-electron chi connectivity index (χ4n) is 2.11. The van der Waals surface area contributed by atoms with Gasteiger partial charge in [-0.3, -0.25) is 4.99 Å². The first-order chi connectivity index (χ1) is 10.8.